The first-order valence-corrected chi connectivity index (χ1v) is 15.7. The van der Waals surface area contributed by atoms with Gasteiger partial charge in [0, 0.05) is 43.3 Å². The maximum absolute atomic E-state index is 13.2. The van der Waals surface area contributed by atoms with Crippen molar-refractivity contribution in [2.45, 2.75) is 45.9 Å². The fraction of sp³-hybridized carbons (Fsp3) is 0.375. The van der Waals surface area contributed by atoms with E-state index >= 15 is 0 Å². The highest BCUT2D eigenvalue weighted by Crippen LogP contribution is 2.25. The number of hydrogen-bond donors (Lipinski definition) is 2. The van der Waals surface area contributed by atoms with Crippen LogP contribution >= 0.6 is 15.9 Å². The first-order valence-electron chi connectivity index (χ1n) is 11.2. The Hall–Kier alpha value is -2.69. The smallest absolute Gasteiger partial charge is 0.407 e. The van der Waals surface area contributed by atoms with Crippen LogP contribution in [0.4, 0.5) is 10.5 Å². The highest BCUT2D eigenvalue weighted by molar-refractivity contribution is 9.10. The number of carboxylic acid groups (broad SMARTS) is 1. The number of halogens is 1. The van der Waals surface area contributed by atoms with E-state index in [1.54, 1.807) is 29.8 Å². The van der Waals surface area contributed by atoms with Gasteiger partial charge in [-0.2, -0.15) is 5.10 Å². The predicted octanol–water partition coefficient (Wildman–Crippen LogP) is 5.86. The third-order valence-electron chi connectivity index (χ3n) is 5.35. The van der Waals surface area contributed by atoms with Crippen LogP contribution in [0.3, 0.4) is 0 Å². The highest BCUT2D eigenvalue weighted by Gasteiger charge is 2.19. The van der Waals surface area contributed by atoms with E-state index in [2.05, 4.69) is 46.0 Å². The lowest BCUT2D eigenvalue weighted by Gasteiger charge is -2.17. The lowest BCUT2D eigenvalue weighted by molar-refractivity contribution is 0.0809. The van der Waals surface area contributed by atoms with Gasteiger partial charge >= 0.3 is 6.09 Å². The molecule has 0 saturated heterocycles. The van der Waals surface area contributed by atoms with E-state index in [0.29, 0.717) is 24.5 Å². The van der Waals surface area contributed by atoms with Crippen LogP contribution in [-0.2, 0) is 18.0 Å². The number of ether oxygens (including phenoxy) is 1. The number of hydrogen-bond acceptors (Lipinski definition) is 4. The van der Waals surface area contributed by atoms with Crippen LogP contribution in [0.15, 0.2) is 46.9 Å². The summed E-state index contributed by atoms with van der Waals surface area (Å²) < 4.78 is 8.43. The number of amides is 2. The molecule has 0 fully saturated rings. The first kappa shape index (κ1) is 25.9. The molecule has 0 aliphatic rings. The minimum atomic E-state index is -1.20. The molecule has 182 valence electrons. The molecular weight excluding hydrogens is 516 g/mol. The van der Waals surface area contributed by atoms with Gasteiger partial charge in [0.05, 0.1) is 5.52 Å². The number of rotatable bonds is 10. The van der Waals surface area contributed by atoms with Crippen LogP contribution < -0.4 is 5.32 Å². The molecular formula is C24H31BrN4O4Si. The summed E-state index contributed by atoms with van der Waals surface area (Å²) in [4.78, 5) is 25.8. The molecule has 10 heteroatoms. The molecule has 2 N–H and O–H groups in total. The number of fused-ring (bicyclic) bond motifs is 1. The highest BCUT2D eigenvalue weighted by atomic mass is 79.9. The number of nitrogens with zero attached hydrogens (tertiary/aromatic N) is 3. The normalized spacial score (nSPS) is 11.6. The SMILES string of the molecule is CCN(Cc1cccc(NC(=O)c2nn(COCC[Si](C)(C)C)c3ccc(Br)cc23)c1)C(=O)O. The van der Waals surface area contributed by atoms with E-state index < -0.39 is 14.2 Å². The molecule has 2 amide bonds. The Morgan fingerprint density at radius 2 is 1.97 bits per heavy atom. The summed E-state index contributed by atoms with van der Waals surface area (Å²) in [5.41, 5.74) is 2.48. The van der Waals surface area contributed by atoms with Gasteiger partial charge in [0.1, 0.15) is 6.73 Å². The van der Waals surface area contributed by atoms with Crippen molar-refractivity contribution in [1.29, 1.82) is 0 Å². The van der Waals surface area contributed by atoms with E-state index in [9.17, 15) is 14.7 Å². The van der Waals surface area contributed by atoms with Crippen molar-refractivity contribution in [3.8, 4) is 0 Å². The molecule has 1 heterocycles. The summed E-state index contributed by atoms with van der Waals surface area (Å²) in [7, 11) is -1.20. The third-order valence-corrected chi connectivity index (χ3v) is 7.55. The molecule has 0 aliphatic heterocycles. The molecule has 0 bridgehead atoms. The van der Waals surface area contributed by atoms with Crippen LogP contribution in [0.25, 0.3) is 10.9 Å². The minimum absolute atomic E-state index is 0.245. The summed E-state index contributed by atoms with van der Waals surface area (Å²) in [5, 5.41) is 17.4. The van der Waals surface area contributed by atoms with Gasteiger partial charge in [-0.05, 0) is 48.9 Å². The van der Waals surface area contributed by atoms with Gasteiger partial charge in [-0.25, -0.2) is 9.48 Å². The van der Waals surface area contributed by atoms with Crippen molar-refractivity contribution in [3.63, 3.8) is 0 Å². The second-order valence-electron chi connectivity index (χ2n) is 9.31. The molecule has 34 heavy (non-hydrogen) atoms. The standard InChI is InChI=1S/C24H31BrN4O4Si/c1-5-28(24(31)32)15-17-7-6-8-19(13-17)26-23(30)22-20-14-18(25)9-10-21(20)29(27-22)16-33-11-12-34(2,3)4/h6-10,13-14H,5,11-12,15-16H2,1-4H3,(H,26,30)(H,31,32). The topological polar surface area (TPSA) is 96.7 Å². The average Bonchev–Trinajstić information content (AvgIpc) is 3.12. The van der Waals surface area contributed by atoms with Crippen molar-refractivity contribution in [2.75, 3.05) is 18.5 Å². The van der Waals surface area contributed by atoms with E-state index in [4.69, 9.17) is 4.74 Å². The molecule has 2 aromatic carbocycles. The van der Waals surface area contributed by atoms with E-state index in [0.717, 1.165) is 27.0 Å². The maximum atomic E-state index is 13.2. The molecule has 1 aromatic heterocycles. The van der Waals surface area contributed by atoms with Crippen molar-refractivity contribution < 1.29 is 19.4 Å². The number of anilines is 1. The quantitative estimate of drug-likeness (QED) is 0.245. The Kier molecular flexibility index (Phi) is 8.50. The largest absolute Gasteiger partial charge is 0.465 e. The van der Waals surface area contributed by atoms with Crippen molar-refractivity contribution >= 4 is 52.6 Å². The molecule has 0 radical (unpaired) electrons. The first-order chi connectivity index (χ1) is 16.1. The zero-order valence-electron chi connectivity index (χ0n) is 20.0. The van der Waals surface area contributed by atoms with E-state index in [1.807, 2.05) is 24.3 Å². The molecule has 0 unspecified atom stereocenters. The Bertz CT molecular complexity index is 1180. The Balaban J connectivity index is 1.79. The summed E-state index contributed by atoms with van der Waals surface area (Å²) >= 11 is 3.48. The minimum Gasteiger partial charge on any atom is -0.465 e. The predicted molar refractivity (Wildman–Crippen MR) is 140 cm³/mol. The van der Waals surface area contributed by atoms with Gasteiger partial charge in [0.25, 0.3) is 5.91 Å². The Morgan fingerprint density at radius 3 is 2.65 bits per heavy atom. The molecule has 3 aromatic rings. The summed E-state index contributed by atoms with van der Waals surface area (Å²) in [6.07, 6.45) is -0.980. The van der Waals surface area contributed by atoms with Crippen LogP contribution in [0.5, 0.6) is 0 Å². The lowest BCUT2D eigenvalue weighted by Crippen LogP contribution is -2.28. The average molecular weight is 548 g/mol. The molecule has 8 nitrogen and oxygen atoms in total. The molecule has 0 saturated carbocycles. The fourth-order valence-corrected chi connectivity index (χ4v) is 4.54. The summed E-state index contributed by atoms with van der Waals surface area (Å²) in [5.74, 6) is -0.341. The van der Waals surface area contributed by atoms with Crippen LogP contribution in [0.2, 0.25) is 25.7 Å². The van der Waals surface area contributed by atoms with Crippen LogP contribution in [0.1, 0.15) is 23.0 Å². The van der Waals surface area contributed by atoms with Crippen molar-refractivity contribution in [3.05, 3.63) is 58.2 Å². The Labute approximate surface area is 209 Å². The van der Waals surface area contributed by atoms with Crippen molar-refractivity contribution in [1.82, 2.24) is 14.7 Å². The number of carbonyl (C=O) groups excluding carboxylic acids is 1. The Morgan fingerprint density at radius 1 is 1.21 bits per heavy atom. The molecule has 0 aliphatic carbocycles. The van der Waals surface area contributed by atoms with Gasteiger partial charge in [0.2, 0.25) is 0 Å². The number of benzene rings is 2. The lowest BCUT2D eigenvalue weighted by atomic mass is 10.1. The number of carbonyl (C=O) groups is 2. The molecule has 3 rings (SSSR count). The molecule has 0 atom stereocenters. The van der Waals surface area contributed by atoms with Crippen molar-refractivity contribution in [2.24, 2.45) is 0 Å². The van der Waals surface area contributed by atoms with Gasteiger partial charge in [0.15, 0.2) is 5.69 Å². The van der Waals surface area contributed by atoms with E-state index in [-0.39, 0.29) is 19.2 Å². The summed E-state index contributed by atoms with van der Waals surface area (Å²) in [6, 6.07) is 13.9. The number of aromatic nitrogens is 2. The zero-order valence-corrected chi connectivity index (χ0v) is 22.6. The van der Waals surface area contributed by atoms with Gasteiger partial charge in [-0.3, -0.25) is 4.79 Å². The zero-order chi connectivity index (χ0) is 24.9. The monoisotopic (exact) mass is 546 g/mol. The number of nitrogens with one attached hydrogen (secondary N) is 1. The van der Waals surface area contributed by atoms with Gasteiger partial charge in [-0.15, -0.1) is 0 Å². The second kappa shape index (κ2) is 11.2. The van der Waals surface area contributed by atoms with E-state index in [1.165, 1.54) is 4.90 Å². The summed E-state index contributed by atoms with van der Waals surface area (Å²) in [6.45, 7) is 10.2. The molecule has 0 spiro atoms. The third kappa shape index (κ3) is 6.91. The van der Waals surface area contributed by atoms with Crippen LogP contribution in [-0.4, -0.2) is 53.0 Å². The maximum Gasteiger partial charge on any atom is 0.407 e. The van der Waals surface area contributed by atoms with Gasteiger partial charge in [-0.1, -0.05) is 47.7 Å². The second-order valence-corrected chi connectivity index (χ2v) is 15.8. The fourth-order valence-electron chi connectivity index (χ4n) is 3.42. The van der Waals surface area contributed by atoms with Gasteiger partial charge < -0.3 is 20.1 Å². The van der Waals surface area contributed by atoms with Crippen LogP contribution in [0, 0.1) is 0 Å².